The lowest BCUT2D eigenvalue weighted by Gasteiger charge is -2.07. The zero-order valence-electron chi connectivity index (χ0n) is 8.93. The molecule has 2 aromatic rings. The highest BCUT2D eigenvalue weighted by molar-refractivity contribution is 9.10. The molecular formula is C12H7BrClNO3. The molecule has 0 aliphatic rings. The molecule has 0 bridgehead atoms. The highest BCUT2D eigenvalue weighted by Gasteiger charge is 2.12. The number of aromatic nitrogens is 1. The molecule has 1 aromatic heterocycles. The molecule has 1 aromatic carbocycles. The van der Waals surface area contributed by atoms with Crippen molar-refractivity contribution in [2.75, 3.05) is 0 Å². The van der Waals surface area contributed by atoms with E-state index < -0.39 is 5.97 Å². The Morgan fingerprint density at radius 1 is 1.39 bits per heavy atom. The van der Waals surface area contributed by atoms with Gasteiger partial charge in [0, 0.05) is 6.07 Å². The van der Waals surface area contributed by atoms with Crippen LogP contribution in [0.4, 0.5) is 0 Å². The third kappa shape index (κ3) is 2.80. The second-order valence-corrected chi connectivity index (χ2v) is 4.60. The maximum atomic E-state index is 10.9. The second kappa shape index (κ2) is 5.37. The minimum absolute atomic E-state index is 0.0475. The molecule has 0 fully saturated rings. The monoisotopic (exact) mass is 327 g/mol. The third-order valence-electron chi connectivity index (χ3n) is 2.11. The van der Waals surface area contributed by atoms with Crippen LogP contribution in [-0.4, -0.2) is 16.1 Å². The minimum Gasteiger partial charge on any atom is -0.478 e. The summed E-state index contributed by atoms with van der Waals surface area (Å²) in [6.07, 6.45) is 1.25. The normalized spacial score (nSPS) is 10.1. The first-order valence-corrected chi connectivity index (χ1v) is 6.06. The van der Waals surface area contributed by atoms with Gasteiger partial charge in [-0.2, -0.15) is 0 Å². The summed E-state index contributed by atoms with van der Waals surface area (Å²) in [4.78, 5) is 14.8. The molecule has 6 heteroatoms. The van der Waals surface area contributed by atoms with E-state index in [4.69, 9.17) is 21.4 Å². The maximum absolute atomic E-state index is 10.9. The topological polar surface area (TPSA) is 59.4 Å². The number of hydrogen-bond donors (Lipinski definition) is 1. The molecule has 1 N–H and O–H groups in total. The van der Waals surface area contributed by atoms with Crippen LogP contribution in [0.2, 0.25) is 5.02 Å². The standard InChI is InChI=1S/C12H7BrClNO3/c13-8-3-1-2-4-10(8)18-11-5-7(12(16)17)9(14)6-15-11/h1-6H,(H,16,17). The number of carbonyl (C=O) groups is 1. The number of carboxylic acid groups (broad SMARTS) is 1. The number of pyridine rings is 1. The van der Waals surface area contributed by atoms with Gasteiger partial charge in [-0.3, -0.25) is 0 Å². The van der Waals surface area contributed by atoms with Gasteiger partial charge in [-0.05, 0) is 28.1 Å². The summed E-state index contributed by atoms with van der Waals surface area (Å²) in [5.74, 6) is -0.410. The number of rotatable bonds is 3. The Balaban J connectivity index is 2.33. The van der Waals surface area contributed by atoms with Gasteiger partial charge >= 0.3 is 5.97 Å². The van der Waals surface area contributed by atoms with Crippen LogP contribution >= 0.6 is 27.5 Å². The molecule has 2 rings (SSSR count). The van der Waals surface area contributed by atoms with Gasteiger partial charge in [0.2, 0.25) is 5.88 Å². The van der Waals surface area contributed by atoms with E-state index >= 15 is 0 Å². The largest absolute Gasteiger partial charge is 0.478 e. The van der Waals surface area contributed by atoms with Crippen LogP contribution in [0.1, 0.15) is 10.4 Å². The number of benzene rings is 1. The molecule has 0 saturated heterocycles. The Morgan fingerprint density at radius 3 is 2.78 bits per heavy atom. The van der Waals surface area contributed by atoms with E-state index in [0.717, 1.165) is 4.47 Å². The Morgan fingerprint density at radius 2 is 2.11 bits per heavy atom. The Hall–Kier alpha value is -1.59. The van der Waals surface area contributed by atoms with Crippen LogP contribution in [0.3, 0.4) is 0 Å². The second-order valence-electron chi connectivity index (χ2n) is 3.34. The van der Waals surface area contributed by atoms with Gasteiger partial charge < -0.3 is 9.84 Å². The van der Waals surface area contributed by atoms with Crippen LogP contribution in [0.25, 0.3) is 0 Å². The maximum Gasteiger partial charge on any atom is 0.337 e. The lowest BCUT2D eigenvalue weighted by molar-refractivity contribution is 0.0696. The molecule has 0 radical (unpaired) electrons. The number of aromatic carboxylic acids is 1. The molecule has 0 atom stereocenters. The predicted octanol–water partition coefficient (Wildman–Crippen LogP) is 3.99. The van der Waals surface area contributed by atoms with Crippen molar-refractivity contribution in [3.63, 3.8) is 0 Å². The van der Waals surface area contributed by atoms with Crippen molar-refractivity contribution in [2.24, 2.45) is 0 Å². The molecular weight excluding hydrogens is 321 g/mol. The third-order valence-corrected chi connectivity index (χ3v) is 3.07. The number of nitrogens with zero attached hydrogens (tertiary/aromatic N) is 1. The molecule has 4 nitrogen and oxygen atoms in total. The first-order valence-electron chi connectivity index (χ1n) is 4.89. The number of hydrogen-bond acceptors (Lipinski definition) is 3. The van der Waals surface area contributed by atoms with Gasteiger partial charge in [0.1, 0.15) is 5.75 Å². The van der Waals surface area contributed by atoms with Gasteiger partial charge in [0.25, 0.3) is 0 Å². The van der Waals surface area contributed by atoms with Crippen molar-refractivity contribution in [2.45, 2.75) is 0 Å². The zero-order valence-corrected chi connectivity index (χ0v) is 11.3. The van der Waals surface area contributed by atoms with Gasteiger partial charge in [0.05, 0.1) is 21.3 Å². The van der Waals surface area contributed by atoms with Crippen LogP contribution in [0.5, 0.6) is 11.6 Å². The van der Waals surface area contributed by atoms with E-state index in [-0.39, 0.29) is 16.5 Å². The van der Waals surface area contributed by atoms with Crippen LogP contribution < -0.4 is 4.74 Å². The van der Waals surface area contributed by atoms with E-state index in [1.54, 1.807) is 12.1 Å². The van der Waals surface area contributed by atoms with Gasteiger partial charge in [-0.1, -0.05) is 23.7 Å². The van der Waals surface area contributed by atoms with Gasteiger partial charge in [-0.15, -0.1) is 0 Å². The summed E-state index contributed by atoms with van der Waals surface area (Å²) in [6.45, 7) is 0. The average Bonchev–Trinajstić information content (AvgIpc) is 2.34. The first-order chi connectivity index (χ1) is 8.58. The number of para-hydroxylation sites is 1. The van der Waals surface area contributed by atoms with Gasteiger partial charge in [0.15, 0.2) is 0 Å². The van der Waals surface area contributed by atoms with Crippen LogP contribution in [0.15, 0.2) is 41.0 Å². The summed E-state index contributed by atoms with van der Waals surface area (Å²) >= 11 is 9.04. The van der Waals surface area contributed by atoms with E-state index in [0.29, 0.717) is 5.75 Å². The molecule has 1 heterocycles. The van der Waals surface area contributed by atoms with E-state index in [1.165, 1.54) is 12.3 Å². The highest BCUT2D eigenvalue weighted by atomic mass is 79.9. The predicted molar refractivity (Wildman–Crippen MR) is 70.4 cm³/mol. The van der Waals surface area contributed by atoms with Gasteiger partial charge in [-0.25, -0.2) is 9.78 Å². The van der Waals surface area contributed by atoms with E-state index in [9.17, 15) is 4.79 Å². The Bertz CT molecular complexity index is 604. The summed E-state index contributed by atoms with van der Waals surface area (Å²) in [6, 6.07) is 8.47. The molecule has 0 saturated carbocycles. The quantitative estimate of drug-likeness (QED) is 0.925. The minimum atomic E-state index is -1.13. The molecule has 92 valence electrons. The fourth-order valence-electron chi connectivity index (χ4n) is 1.28. The SMILES string of the molecule is O=C(O)c1cc(Oc2ccccc2Br)ncc1Cl. The van der Waals surface area contributed by atoms with Crippen LogP contribution in [-0.2, 0) is 0 Å². The highest BCUT2D eigenvalue weighted by Crippen LogP contribution is 2.29. The number of halogens is 2. The molecule has 0 amide bonds. The number of ether oxygens (including phenoxy) is 1. The molecule has 0 aliphatic carbocycles. The van der Waals surface area contributed by atoms with E-state index in [1.807, 2.05) is 12.1 Å². The van der Waals surface area contributed by atoms with Crippen molar-refractivity contribution in [1.82, 2.24) is 4.98 Å². The smallest absolute Gasteiger partial charge is 0.337 e. The molecule has 0 spiro atoms. The summed E-state index contributed by atoms with van der Waals surface area (Å²) in [7, 11) is 0. The summed E-state index contributed by atoms with van der Waals surface area (Å²) in [5, 5.41) is 9.01. The summed E-state index contributed by atoms with van der Waals surface area (Å²) < 4.78 is 6.22. The zero-order chi connectivity index (χ0) is 13.1. The molecule has 0 unspecified atom stereocenters. The first kappa shape index (κ1) is 12.9. The average molecular weight is 329 g/mol. The fourth-order valence-corrected chi connectivity index (χ4v) is 1.83. The van der Waals surface area contributed by atoms with Crippen molar-refractivity contribution >= 4 is 33.5 Å². The van der Waals surface area contributed by atoms with Crippen molar-refractivity contribution in [1.29, 1.82) is 0 Å². The number of carboxylic acids is 1. The molecule has 18 heavy (non-hydrogen) atoms. The Labute approximate surface area is 116 Å². The Kier molecular flexibility index (Phi) is 3.84. The van der Waals surface area contributed by atoms with Crippen molar-refractivity contribution in [3.8, 4) is 11.6 Å². The van der Waals surface area contributed by atoms with Crippen molar-refractivity contribution in [3.05, 3.63) is 51.6 Å². The van der Waals surface area contributed by atoms with Crippen LogP contribution in [0, 0.1) is 0 Å². The lowest BCUT2D eigenvalue weighted by Crippen LogP contribution is -1.99. The molecule has 0 aliphatic heterocycles. The van der Waals surface area contributed by atoms with E-state index in [2.05, 4.69) is 20.9 Å². The lowest BCUT2D eigenvalue weighted by atomic mass is 10.3. The summed E-state index contributed by atoms with van der Waals surface area (Å²) in [5.41, 5.74) is -0.0475. The fraction of sp³-hybridized carbons (Fsp3) is 0. The van der Waals surface area contributed by atoms with Crippen molar-refractivity contribution < 1.29 is 14.6 Å².